The predicted octanol–water partition coefficient (Wildman–Crippen LogP) is 1.38. The lowest BCUT2D eigenvalue weighted by atomic mass is 10.1. The molecule has 1 saturated heterocycles. The molecule has 0 saturated carbocycles. The van der Waals surface area contributed by atoms with Crippen LogP contribution < -0.4 is 10.1 Å². The minimum absolute atomic E-state index is 0.0189. The van der Waals surface area contributed by atoms with Gasteiger partial charge in [-0.1, -0.05) is 6.07 Å². The van der Waals surface area contributed by atoms with Gasteiger partial charge in [-0.3, -0.25) is 4.79 Å². The Morgan fingerprint density at radius 1 is 1.24 bits per heavy atom. The zero-order valence-electron chi connectivity index (χ0n) is 11.9. The molecule has 0 aromatic heterocycles. The maximum atomic E-state index is 11.6. The van der Waals surface area contributed by atoms with Crippen LogP contribution in [0.15, 0.2) is 18.2 Å². The van der Waals surface area contributed by atoms with Gasteiger partial charge in [-0.15, -0.1) is 0 Å². The summed E-state index contributed by atoms with van der Waals surface area (Å²) in [7, 11) is 0. The predicted molar refractivity (Wildman–Crippen MR) is 76.1 cm³/mol. The molecule has 2 aliphatic rings. The number of fused-ring (bicyclic) bond motifs is 1. The Morgan fingerprint density at radius 3 is 2.90 bits per heavy atom. The largest absolute Gasteiger partial charge is 0.482 e. The third-order valence-electron chi connectivity index (χ3n) is 3.96. The Kier molecular flexibility index (Phi) is 4.08. The van der Waals surface area contributed by atoms with E-state index in [2.05, 4.69) is 11.4 Å². The maximum Gasteiger partial charge on any atom is 0.344 e. The van der Waals surface area contributed by atoms with E-state index in [9.17, 15) is 9.59 Å². The molecular formula is C16H19NO4. The molecule has 1 aromatic carbocycles. The monoisotopic (exact) mass is 289 g/mol. The van der Waals surface area contributed by atoms with Gasteiger partial charge in [-0.05, 0) is 48.9 Å². The third kappa shape index (κ3) is 3.54. The average molecular weight is 289 g/mol. The van der Waals surface area contributed by atoms with Gasteiger partial charge < -0.3 is 14.8 Å². The van der Waals surface area contributed by atoms with Crippen molar-refractivity contribution in [2.24, 2.45) is 0 Å². The standard InChI is InChI=1S/C16H19NO4/c18-15-7-5-13(17-15)9-21-16(19)10-20-14-6-4-11-2-1-3-12(11)8-14/h4,6,8,13H,1-3,5,7,9-10H2,(H,17,18). The number of hydrogen-bond donors (Lipinski definition) is 1. The lowest BCUT2D eigenvalue weighted by Crippen LogP contribution is -2.31. The van der Waals surface area contributed by atoms with E-state index in [1.807, 2.05) is 12.1 Å². The average Bonchev–Trinajstić information content (AvgIpc) is 3.10. The van der Waals surface area contributed by atoms with Crippen LogP contribution in [-0.2, 0) is 27.2 Å². The smallest absolute Gasteiger partial charge is 0.344 e. The van der Waals surface area contributed by atoms with Gasteiger partial charge in [0.1, 0.15) is 12.4 Å². The molecule has 5 nitrogen and oxygen atoms in total. The molecule has 21 heavy (non-hydrogen) atoms. The van der Waals surface area contributed by atoms with Crippen molar-refractivity contribution in [1.82, 2.24) is 5.32 Å². The van der Waals surface area contributed by atoms with Gasteiger partial charge in [0.15, 0.2) is 6.61 Å². The Balaban J connectivity index is 1.42. The van der Waals surface area contributed by atoms with E-state index in [0.29, 0.717) is 12.2 Å². The number of benzene rings is 1. The Labute approximate surface area is 123 Å². The van der Waals surface area contributed by atoms with Gasteiger partial charge in [-0.25, -0.2) is 4.79 Å². The number of amides is 1. The summed E-state index contributed by atoms with van der Waals surface area (Å²) >= 11 is 0. The van der Waals surface area contributed by atoms with Crippen LogP contribution in [0.25, 0.3) is 0 Å². The van der Waals surface area contributed by atoms with Crippen molar-refractivity contribution in [3.8, 4) is 5.75 Å². The van der Waals surface area contributed by atoms with Crippen LogP contribution in [0.1, 0.15) is 30.4 Å². The normalized spacial score (nSPS) is 20.0. The number of rotatable bonds is 5. The Bertz CT molecular complexity index is 555. The van der Waals surface area contributed by atoms with Crippen LogP contribution in [0.5, 0.6) is 5.75 Å². The fourth-order valence-corrected chi connectivity index (χ4v) is 2.82. The van der Waals surface area contributed by atoms with Crippen molar-refractivity contribution in [1.29, 1.82) is 0 Å². The SMILES string of the molecule is O=C1CCC(COC(=O)COc2ccc3c(c2)CCC3)N1. The van der Waals surface area contributed by atoms with E-state index in [0.717, 1.165) is 19.3 Å². The number of aryl methyl sites for hydroxylation is 2. The van der Waals surface area contributed by atoms with Crippen LogP contribution in [-0.4, -0.2) is 31.1 Å². The first kappa shape index (κ1) is 13.9. The fourth-order valence-electron chi connectivity index (χ4n) is 2.82. The maximum absolute atomic E-state index is 11.6. The molecule has 1 amide bonds. The second kappa shape index (κ2) is 6.16. The summed E-state index contributed by atoms with van der Waals surface area (Å²) in [6.45, 7) is 0.123. The molecule has 1 aliphatic heterocycles. The number of carbonyl (C=O) groups is 2. The van der Waals surface area contributed by atoms with E-state index in [1.165, 1.54) is 17.5 Å². The molecule has 0 radical (unpaired) electrons. The third-order valence-corrected chi connectivity index (χ3v) is 3.96. The molecule has 1 heterocycles. The van der Waals surface area contributed by atoms with Crippen LogP contribution in [0.4, 0.5) is 0 Å². The van der Waals surface area contributed by atoms with E-state index in [-0.39, 0.29) is 25.2 Å². The number of esters is 1. The number of nitrogens with one attached hydrogen (secondary N) is 1. The van der Waals surface area contributed by atoms with Crippen molar-refractivity contribution >= 4 is 11.9 Å². The molecule has 3 rings (SSSR count). The Hall–Kier alpha value is -2.04. The van der Waals surface area contributed by atoms with Gasteiger partial charge >= 0.3 is 5.97 Å². The zero-order valence-corrected chi connectivity index (χ0v) is 11.9. The van der Waals surface area contributed by atoms with Crippen molar-refractivity contribution in [3.63, 3.8) is 0 Å². The van der Waals surface area contributed by atoms with Crippen molar-refractivity contribution in [2.75, 3.05) is 13.2 Å². The summed E-state index contributed by atoms with van der Waals surface area (Å²) in [5, 5.41) is 2.75. The van der Waals surface area contributed by atoms with Gasteiger partial charge in [0, 0.05) is 6.42 Å². The topological polar surface area (TPSA) is 64.6 Å². The fraction of sp³-hybridized carbons (Fsp3) is 0.500. The molecule has 1 unspecified atom stereocenters. The molecule has 112 valence electrons. The first-order chi connectivity index (χ1) is 10.2. The van der Waals surface area contributed by atoms with E-state index >= 15 is 0 Å². The zero-order chi connectivity index (χ0) is 14.7. The first-order valence-corrected chi connectivity index (χ1v) is 7.40. The molecular weight excluding hydrogens is 270 g/mol. The van der Waals surface area contributed by atoms with Crippen molar-refractivity contribution in [2.45, 2.75) is 38.1 Å². The second-order valence-corrected chi connectivity index (χ2v) is 5.56. The van der Waals surface area contributed by atoms with Gasteiger partial charge in [0.25, 0.3) is 0 Å². The van der Waals surface area contributed by atoms with Crippen molar-refractivity contribution < 1.29 is 19.1 Å². The summed E-state index contributed by atoms with van der Waals surface area (Å²) in [5.74, 6) is 0.323. The van der Waals surface area contributed by atoms with Gasteiger partial charge in [0.2, 0.25) is 5.91 Å². The van der Waals surface area contributed by atoms with E-state index < -0.39 is 5.97 Å². The molecule has 5 heteroatoms. The number of hydrogen-bond acceptors (Lipinski definition) is 4. The minimum Gasteiger partial charge on any atom is -0.482 e. The minimum atomic E-state index is -0.406. The van der Waals surface area contributed by atoms with Gasteiger partial charge in [-0.2, -0.15) is 0 Å². The number of carbonyl (C=O) groups excluding carboxylic acids is 2. The molecule has 1 N–H and O–H groups in total. The highest BCUT2D eigenvalue weighted by Gasteiger charge is 2.22. The summed E-state index contributed by atoms with van der Waals surface area (Å²) in [4.78, 5) is 22.7. The Morgan fingerprint density at radius 2 is 2.10 bits per heavy atom. The van der Waals surface area contributed by atoms with E-state index in [1.54, 1.807) is 0 Å². The first-order valence-electron chi connectivity index (χ1n) is 7.40. The molecule has 1 aromatic rings. The molecule has 1 fully saturated rings. The second-order valence-electron chi connectivity index (χ2n) is 5.56. The van der Waals surface area contributed by atoms with Crippen molar-refractivity contribution in [3.05, 3.63) is 29.3 Å². The summed E-state index contributed by atoms with van der Waals surface area (Å²) in [5.41, 5.74) is 2.69. The lowest BCUT2D eigenvalue weighted by molar-refractivity contribution is -0.146. The van der Waals surface area contributed by atoms with Crippen LogP contribution in [0.2, 0.25) is 0 Å². The highest BCUT2D eigenvalue weighted by molar-refractivity contribution is 5.78. The quantitative estimate of drug-likeness (QED) is 0.832. The highest BCUT2D eigenvalue weighted by atomic mass is 16.6. The summed E-state index contributed by atoms with van der Waals surface area (Å²) in [6, 6.07) is 5.92. The van der Waals surface area contributed by atoms with E-state index in [4.69, 9.17) is 9.47 Å². The molecule has 0 spiro atoms. The number of ether oxygens (including phenoxy) is 2. The molecule has 0 bridgehead atoms. The van der Waals surface area contributed by atoms with Gasteiger partial charge in [0.05, 0.1) is 6.04 Å². The molecule has 1 atom stereocenters. The van der Waals surface area contributed by atoms with Crippen LogP contribution in [0, 0.1) is 0 Å². The molecule has 1 aliphatic carbocycles. The lowest BCUT2D eigenvalue weighted by Gasteiger charge is -2.11. The summed E-state index contributed by atoms with van der Waals surface area (Å²) < 4.78 is 10.6. The highest BCUT2D eigenvalue weighted by Crippen LogP contribution is 2.25. The summed E-state index contributed by atoms with van der Waals surface area (Å²) in [6.07, 6.45) is 4.63. The van der Waals surface area contributed by atoms with Crippen LogP contribution in [0.3, 0.4) is 0 Å². The van der Waals surface area contributed by atoms with Crippen LogP contribution >= 0.6 is 0 Å².